The minimum Gasteiger partial charge on any atom is -0.462 e. The molecule has 0 atom stereocenters. The van der Waals surface area contributed by atoms with Gasteiger partial charge < -0.3 is 15.4 Å². The minimum atomic E-state index is -0.361. The fraction of sp³-hybridized carbons (Fsp3) is 0.600. The first-order chi connectivity index (χ1) is 10.0. The lowest BCUT2D eigenvalue weighted by molar-refractivity contribution is -0.120. The second-order valence-electron chi connectivity index (χ2n) is 5.22. The quantitative estimate of drug-likeness (QED) is 0.838. The molecule has 0 aliphatic carbocycles. The summed E-state index contributed by atoms with van der Waals surface area (Å²) in [5.74, 6) is -0.340. The average Bonchev–Trinajstić information content (AvgIpc) is 2.75. The minimum absolute atomic E-state index is 0.00305. The van der Waals surface area contributed by atoms with Crippen molar-refractivity contribution in [1.29, 1.82) is 0 Å². The molecule has 0 aromatic carbocycles. The van der Waals surface area contributed by atoms with Crippen LogP contribution in [0.5, 0.6) is 0 Å². The highest BCUT2D eigenvalue weighted by Crippen LogP contribution is 2.33. The number of piperidine rings is 1. The van der Waals surface area contributed by atoms with Gasteiger partial charge in [0, 0.05) is 10.8 Å². The molecule has 21 heavy (non-hydrogen) atoms. The van der Waals surface area contributed by atoms with Crippen LogP contribution in [0.1, 0.15) is 40.6 Å². The number of aryl methyl sites for hydroxylation is 1. The van der Waals surface area contributed by atoms with Crippen molar-refractivity contribution >= 4 is 28.2 Å². The molecule has 6 heteroatoms. The Hall–Kier alpha value is -1.40. The molecule has 2 N–H and O–H groups in total. The highest BCUT2D eigenvalue weighted by molar-refractivity contribution is 7.16. The van der Waals surface area contributed by atoms with Crippen LogP contribution in [0.15, 0.2) is 0 Å². The molecule has 5 nitrogen and oxygen atoms in total. The summed E-state index contributed by atoms with van der Waals surface area (Å²) < 4.78 is 5.10. The normalized spacial score (nSPS) is 15.8. The largest absolute Gasteiger partial charge is 0.462 e. The summed E-state index contributed by atoms with van der Waals surface area (Å²) in [5, 5.41) is 6.79. The Morgan fingerprint density at radius 2 is 2.00 bits per heavy atom. The van der Waals surface area contributed by atoms with Crippen LogP contribution in [0.25, 0.3) is 0 Å². The molecular formula is C15H22N2O3S. The van der Waals surface area contributed by atoms with Gasteiger partial charge in [0.05, 0.1) is 12.2 Å². The predicted octanol–water partition coefficient (Wildman–Crippen LogP) is 2.48. The average molecular weight is 310 g/mol. The van der Waals surface area contributed by atoms with Gasteiger partial charge in [-0.15, -0.1) is 11.3 Å². The smallest absolute Gasteiger partial charge is 0.341 e. The molecule has 1 aromatic rings. The first-order valence-corrected chi connectivity index (χ1v) is 8.15. The van der Waals surface area contributed by atoms with Crippen molar-refractivity contribution in [3.05, 3.63) is 16.0 Å². The van der Waals surface area contributed by atoms with Crippen LogP contribution in [0.2, 0.25) is 0 Å². The van der Waals surface area contributed by atoms with Crippen LogP contribution in [0, 0.1) is 19.8 Å². The van der Waals surface area contributed by atoms with Crippen LogP contribution in [-0.2, 0) is 9.53 Å². The van der Waals surface area contributed by atoms with Gasteiger partial charge in [-0.1, -0.05) is 0 Å². The van der Waals surface area contributed by atoms with E-state index in [0.29, 0.717) is 17.2 Å². The zero-order chi connectivity index (χ0) is 15.4. The van der Waals surface area contributed by atoms with E-state index in [1.165, 1.54) is 11.3 Å². The van der Waals surface area contributed by atoms with Gasteiger partial charge in [-0.05, 0) is 52.3 Å². The fourth-order valence-electron chi connectivity index (χ4n) is 2.46. The van der Waals surface area contributed by atoms with Crippen LogP contribution < -0.4 is 10.6 Å². The third-order valence-electron chi connectivity index (χ3n) is 3.81. The van der Waals surface area contributed by atoms with Gasteiger partial charge in [0.2, 0.25) is 5.91 Å². The molecule has 1 saturated heterocycles. The fourth-order valence-corrected chi connectivity index (χ4v) is 3.51. The summed E-state index contributed by atoms with van der Waals surface area (Å²) in [5.41, 5.74) is 1.39. The van der Waals surface area contributed by atoms with Gasteiger partial charge in [0.1, 0.15) is 5.00 Å². The lowest BCUT2D eigenvalue weighted by Crippen LogP contribution is -2.34. The van der Waals surface area contributed by atoms with E-state index in [0.717, 1.165) is 36.4 Å². The van der Waals surface area contributed by atoms with Gasteiger partial charge in [0.25, 0.3) is 0 Å². The van der Waals surface area contributed by atoms with E-state index in [-0.39, 0.29) is 17.8 Å². The number of ether oxygens (including phenoxy) is 1. The van der Waals surface area contributed by atoms with Gasteiger partial charge in [-0.2, -0.15) is 0 Å². The topological polar surface area (TPSA) is 67.4 Å². The Kier molecular flexibility index (Phi) is 5.36. The molecule has 1 aromatic heterocycles. The SMILES string of the molecule is CCOC(=O)c1c(NC(=O)C2CCNCC2)sc(C)c1C. The molecule has 1 aliphatic heterocycles. The molecule has 2 heterocycles. The molecule has 1 aliphatic rings. The second kappa shape index (κ2) is 7.04. The van der Waals surface area contributed by atoms with E-state index >= 15 is 0 Å². The number of carbonyl (C=O) groups excluding carboxylic acids is 2. The number of hydrogen-bond donors (Lipinski definition) is 2. The summed E-state index contributed by atoms with van der Waals surface area (Å²) >= 11 is 1.44. The summed E-state index contributed by atoms with van der Waals surface area (Å²) in [7, 11) is 0. The second-order valence-corrected chi connectivity index (χ2v) is 6.45. The summed E-state index contributed by atoms with van der Waals surface area (Å²) in [6.07, 6.45) is 1.67. The van der Waals surface area contributed by atoms with Gasteiger partial charge in [0.15, 0.2) is 0 Å². The number of nitrogens with one attached hydrogen (secondary N) is 2. The van der Waals surface area contributed by atoms with Crippen molar-refractivity contribution in [3.8, 4) is 0 Å². The number of esters is 1. The van der Waals surface area contributed by atoms with E-state index in [1.54, 1.807) is 6.92 Å². The maximum absolute atomic E-state index is 12.3. The molecular weight excluding hydrogens is 288 g/mol. The number of rotatable bonds is 4. The third-order valence-corrected chi connectivity index (χ3v) is 4.93. The van der Waals surface area contributed by atoms with Crippen molar-refractivity contribution in [3.63, 3.8) is 0 Å². The molecule has 0 bridgehead atoms. The van der Waals surface area contributed by atoms with Crippen molar-refractivity contribution < 1.29 is 14.3 Å². The Morgan fingerprint density at radius 1 is 1.33 bits per heavy atom. The van der Waals surface area contributed by atoms with E-state index < -0.39 is 0 Å². The lowest BCUT2D eigenvalue weighted by atomic mass is 9.97. The highest BCUT2D eigenvalue weighted by Gasteiger charge is 2.26. The molecule has 1 amide bonds. The molecule has 0 unspecified atom stereocenters. The van der Waals surface area contributed by atoms with Crippen LogP contribution in [0.4, 0.5) is 5.00 Å². The Balaban J connectivity index is 2.17. The zero-order valence-electron chi connectivity index (χ0n) is 12.7. The summed E-state index contributed by atoms with van der Waals surface area (Å²) in [4.78, 5) is 25.4. The molecule has 2 rings (SSSR count). The standard InChI is InChI=1S/C15H22N2O3S/c1-4-20-15(19)12-9(2)10(3)21-14(12)17-13(18)11-5-7-16-8-6-11/h11,16H,4-8H2,1-3H3,(H,17,18). The summed E-state index contributed by atoms with van der Waals surface area (Å²) in [6.45, 7) is 7.67. The molecule has 1 fully saturated rings. The van der Waals surface area contributed by atoms with Crippen molar-refractivity contribution in [1.82, 2.24) is 5.32 Å². The molecule has 0 saturated carbocycles. The number of anilines is 1. The third kappa shape index (κ3) is 3.63. The van der Waals surface area contributed by atoms with E-state index in [2.05, 4.69) is 10.6 Å². The Bertz CT molecular complexity index is 533. The molecule has 0 spiro atoms. The Labute approximate surface area is 129 Å². The van der Waals surface area contributed by atoms with Gasteiger partial charge in [-0.3, -0.25) is 4.79 Å². The van der Waals surface area contributed by atoms with E-state index in [4.69, 9.17) is 4.74 Å². The predicted molar refractivity (Wildman–Crippen MR) is 84.0 cm³/mol. The first kappa shape index (κ1) is 16.0. The van der Waals surface area contributed by atoms with Crippen LogP contribution in [-0.4, -0.2) is 31.6 Å². The van der Waals surface area contributed by atoms with E-state index in [9.17, 15) is 9.59 Å². The van der Waals surface area contributed by atoms with Crippen molar-refractivity contribution in [2.45, 2.75) is 33.6 Å². The maximum Gasteiger partial charge on any atom is 0.341 e. The van der Waals surface area contributed by atoms with Crippen LogP contribution >= 0.6 is 11.3 Å². The lowest BCUT2D eigenvalue weighted by Gasteiger charge is -2.21. The van der Waals surface area contributed by atoms with Crippen molar-refractivity contribution in [2.75, 3.05) is 25.0 Å². The van der Waals surface area contributed by atoms with Gasteiger partial charge >= 0.3 is 5.97 Å². The molecule has 0 radical (unpaired) electrons. The number of thiophene rings is 1. The summed E-state index contributed by atoms with van der Waals surface area (Å²) in [6, 6.07) is 0. The van der Waals surface area contributed by atoms with Crippen molar-refractivity contribution in [2.24, 2.45) is 5.92 Å². The Morgan fingerprint density at radius 3 is 2.62 bits per heavy atom. The monoisotopic (exact) mass is 310 g/mol. The molecule has 116 valence electrons. The van der Waals surface area contributed by atoms with E-state index in [1.807, 2.05) is 13.8 Å². The highest BCUT2D eigenvalue weighted by atomic mass is 32.1. The first-order valence-electron chi connectivity index (χ1n) is 7.33. The number of amides is 1. The van der Waals surface area contributed by atoms with Gasteiger partial charge in [-0.25, -0.2) is 4.79 Å². The number of hydrogen-bond acceptors (Lipinski definition) is 5. The zero-order valence-corrected chi connectivity index (χ0v) is 13.6. The number of carbonyl (C=O) groups is 2. The van der Waals surface area contributed by atoms with Crippen LogP contribution in [0.3, 0.4) is 0 Å². The maximum atomic E-state index is 12.3.